The van der Waals surface area contributed by atoms with Crippen molar-refractivity contribution in [1.29, 1.82) is 0 Å². The molecule has 0 aromatic carbocycles. The number of carbonyl (C=O) groups is 1. The second-order valence-corrected chi connectivity index (χ2v) is 5.35. The van der Waals surface area contributed by atoms with Crippen molar-refractivity contribution < 1.29 is 9.53 Å². The number of hydrogen-bond donors (Lipinski definition) is 1. The summed E-state index contributed by atoms with van der Waals surface area (Å²) in [5.74, 6) is 0.308. The van der Waals surface area contributed by atoms with Crippen molar-refractivity contribution in [2.75, 3.05) is 33.4 Å². The molecule has 4 nitrogen and oxygen atoms in total. The van der Waals surface area contributed by atoms with Crippen LogP contribution < -0.4 is 5.32 Å². The number of ether oxygens (including phenoxy) is 1. The fourth-order valence-corrected chi connectivity index (χ4v) is 2.97. The van der Waals surface area contributed by atoms with Crippen LogP contribution in [0.3, 0.4) is 0 Å². The summed E-state index contributed by atoms with van der Waals surface area (Å²) in [7, 11) is 1.94. The summed E-state index contributed by atoms with van der Waals surface area (Å²) >= 11 is 0. The van der Waals surface area contributed by atoms with E-state index in [0.717, 1.165) is 45.4 Å². The van der Waals surface area contributed by atoms with E-state index < -0.39 is 0 Å². The number of nitrogens with one attached hydrogen (secondary N) is 1. The van der Waals surface area contributed by atoms with E-state index in [1.807, 2.05) is 11.9 Å². The van der Waals surface area contributed by atoms with E-state index in [2.05, 4.69) is 12.2 Å². The lowest BCUT2D eigenvalue weighted by Gasteiger charge is -2.40. The monoisotopic (exact) mass is 240 g/mol. The first kappa shape index (κ1) is 12.8. The van der Waals surface area contributed by atoms with Gasteiger partial charge in [0.05, 0.1) is 18.1 Å². The summed E-state index contributed by atoms with van der Waals surface area (Å²) in [6.07, 6.45) is 4.04. The molecule has 2 saturated heterocycles. The Labute approximate surface area is 104 Å². The van der Waals surface area contributed by atoms with Crippen molar-refractivity contribution >= 4 is 5.91 Å². The van der Waals surface area contributed by atoms with Crippen molar-refractivity contribution in [3.8, 4) is 0 Å². The normalized spacial score (nSPS) is 33.6. The number of amides is 1. The zero-order chi connectivity index (χ0) is 12.3. The SMILES string of the molecule is CCC1(C(=O)N(C)C2CCOC2)CCCNC1. The van der Waals surface area contributed by atoms with Gasteiger partial charge in [0.25, 0.3) is 0 Å². The Morgan fingerprint density at radius 3 is 2.94 bits per heavy atom. The van der Waals surface area contributed by atoms with E-state index in [1.165, 1.54) is 0 Å². The molecule has 0 saturated carbocycles. The molecule has 4 heteroatoms. The predicted octanol–water partition coefficient (Wildman–Crippen LogP) is 1.01. The lowest BCUT2D eigenvalue weighted by atomic mass is 9.77. The van der Waals surface area contributed by atoms with Crippen LogP contribution in [-0.4, -0.2) is 50.2 Å². The predicted molar refractivity (Wildman–Crippen MR) is 66.8 cm³/mol. The van der Waals surface area contributed by atoms with Crippen LogP contribution in [0.2, 0.25) is 0 Å². The van der Waals surface area contributed by atoms with Crippen molar-refractivity contribution in [2.24, 2.45) is 5.41 Å². The largest absolute Gasteiger partial charge is 0.379 e. The summed E-state index contributed by atoms with van der Waals surface area (Å²) in [5.41, 5.74) is -0.171. The molecule has 1 N–H and O–H groups in total. The first-order valence-electron chi connectivity index (χ1n) is 6.75. The molecular formula is C13H24N2O2. The lowest BCUT2D eigenvalue weighted by Crippen LogP contribution is -2.53. The molecule has 2 fully saturated rings. The number of nitrogens with zero attached hydrogens (tertiary/aromatic N) is 1. The van der Waals surface area contributed by atoms with Crippen LogP contribution in [-0.2, 0) is 9.53 Å². The van der Waals surface area contributed by atoms with Crippen molar-refractivity contribution in [1.82, 2.24) is 10.2 Å². The van der Waals surface area contributed by atoms with E-state index >= 15 is 0 Å². The Morgan fingerprint density at radius 2 is 2.41 bits per heavy atom. The molecule has 2 unspecified atom stereocenters. The van der Waals surface area contributed by atoms with Crippen molar-refractivity contribution in [3.05, 3.63) is 0 Å². The quantitative estimate of drug-likeness (QED) is 0.800. The fraction of sp³-hybridized carbons (Fsp3) is 0.923. The molecule has 2 aliphatic rings. The first-order chi connectivity index (χ1) is 8.19. The van der Waals surface area contributed by atoms with E-state index in [0.29, 0.717) is 12.5 Å². The third-order valence-corrected chi connectivity index (χ3v) is 4.38. The molecule has 2 aliphatic heterocycles. The molecular weight excluding hydrogens is 216 g/mol. The fourth-order valence-electron chi connectivity index (χ4n) is 2.97. The summed E-state index contributed by atoms with van der Waals surface area (Å²) in [6.45, 7) is 5.50. The molecule has 0 spiro atoms. The summed E-state index contributed by atoms with van der Waals surface area (Å²) in [6, 6.07) is 0.285. The molecule has 2 atom stereocenters. The van der Waals surface area contributed by atoms with E-state index in [9.17, 15) is 4.79 Å². The van der Waals surface area contributed by atoms with Crippen LogP contribution in [0.15, 0.2) is 0 Å². The number of likely N-dealkylation sites (N-methyl/N-ethyl adjacent to an activating group) is 1. The highest BCUT2D eigenvalue weighted by atomic mass is 16.5. The number of piperidine rings is 1. The molecule has 2 rings (SSSR count). The highest BCUT2D eigenvalue weighted by Gasteiger charge is 2.41. The Kier molecular flexibility index (Phi) is 4.05. The zero-order valence-electron chi connectivity index (χ0n) is 11.0. The molecule has 98 valence electrons. The number of rotatable bonds is 3. The maximum atomic E-state index is 12.7. The topological polar surface area (TPSA) is 41.6 Å². The molecule has 0 bridgehead atoms. The number of hydrogen-bond acceptors (Lipinski definition) is 3. The van der Waals surface area contributed by atoms with E-state index in [4.69, 9.17) is 4.74 Å². The molecule has 0 radical (unpaired) electrons. The van der Waals surface area contributed by atoms with Gasteiger partial charge in [0.15, 0.2) is 0 Å². The molecule has 0 aromatic rings. The molecule has 0 aromatic heterocycles. The second kappa shape index (κ2) is 5.36. The maximum absolute atomic E-state index is 12.7. The van der Waals surface area contributed by atoms with Crippen LogP contribution in [0.4, 0.5) is 0 Å². The van der Waals surface area contributed by atoms with Crippen LogP contribution in [0, 0.1) is 5.41 Å². The van der Waals surface area contributed by atoms with Gasteiger partial charge >= 0.3 is 0 Å². The Balaban J connectivity index is 2.04. The highest BCUT2D eigenvalue weighted by Crippen LogP contribution is 2.33. The summed E-state index contributed by atoms with van der Waals surface area (Å²) in [4.78, 5) is 14.6. The Bertz CT molecular complexity index is 269. The third kappa shape index (κ3) is 2.47. The van der Waals surface area contributed by atoms with Crippen molar-refractivity contribution in [3.63, 3.8) is 0 Å². The second-order valence-electron chi connectivity index (χ2n) is 5.35. The minimum absolute atomic E-state index is 0.171. The molecule has 0 aliphatic carbocycles. The van der Waals surface area contributed by atoms with Gasteiger partial charge in [-0.25, -0.2) is 0 Å². The van der Waals surface area contributed by atoms with Crippen LogP contribution in [0.1, 0.15) is 32.6 Å². The Hall–Kier alpha value is -0.610. The van der Waals surface area contributed by atoms with Gasteiger partial charge in [-0.2, -0.15) is 0 Å². The van der Waals surface area contributed by atoms with Gasteiger partial charge in [-0.15, -0.1) is 0 Å². The first-order valence-corrected chi connectivity index (χ1v) is 6.75. The maximum Gasteiger partial charge on any atom is 0.230 e. The third-order valence-electron chi connectivity index (χ3n) is 4.38. The highest BCUT2D eigenvalue weighted by molar-refractivity contribution is 5.83. The van der Waals surface area contributed by atoms with E-state index in [1.54, 1.807) is 0 Å². The number of carbonyl (C=O) groups excluding carboxylic acids is 1. The van der Waals surface area contributed by atoms with Gasteiger partial charge in [-0.05, 0) is 32.2 Å². The smallest absolute Gasteiger partial charge is 0.230 e. The van der Waals surface area contributed by atoms with Crippen LogP contribution in [0.5, 0.6) is 0 Å². The minimum Gasteiger partial charge on any atom is -0.379 e. The standard InChI is InChI=1S/C13H24N2O2/c1-3-13(6-4-7-14-10-13)12(16)15(2)11-5-8-17-9-11/h11,14H,3-10H2,1-2H3. The van der Waals surface area contributed by atoms with Gasteiger partial charge in [-0.1, -0.05) is 6.92 Å². The van der Waals surface area contributed by atoms with Crippen molar-refractivity contribution in [2.45, 2.75) is 38.6 Å². The Morgan fingerprint density at radius 1 is 1.59 bits per heavy atom. The molecule has 2 heterocycles. The average Bonchev–Trinajstić information content (AvgIpc) is 2.91. The molecule has 1 amide bonds. The zero-order valence-corrected chi connectivity index (χ0v) is 11.0. The van der Waals surface area contributed by atoms with Gasteiger partial charge in [0, 0.05) is 20.2 Å². The van der Waals surface area contributed by atoms with Gasteiger partial charge in [-0.3, -0.25) is 4.79 Å². The van der Waals surface area contributed by atoms with Crippen LogP contribution in [0.25, 0.3) is 0 Å². The van der Waals surface area contributed by atoms with E-state index in [-0.39, 0.29) is 11.5 Å². The van der Waals surface area contributed by atoms with Crippen LogP contribution >= 0.6 is 0 Å². The lowest BCUT2D eigenvalue weighted by molar-refractivity contribution is -0.144. The summed E-state index contributed by atoms with van der Waals surface area (Å²) < 4.78 is 5.37. The minimum atomic E-state index is -0.171. The summed E-state index contributed by atoms with van der Waals surface area (Å²) in [5, 5.41) is 3.37. The average molecular weight is 240 g/mol. The van der Waals surface area contributed by atoms with Gasteiger partial charge in [0.2, 0.25) is 5.91 Å². The van der Waals surface area contributed by atoms with Gasteiger partial charge in [0.1, 0.15) is 0 Å². The van der Waals surface area contributed by atoms with Gasteiger partial charge < -0.3 is 15.0 Å². The molecule has 17 heavy (non-hydrogen) atoms.